The Morgan fingerprint density at radius 1 is 1.39 bits per heavy atom. The van der Waals surface area contributed by atoms with Crippen molar-refractivity contribution in [2.24, 2.45) is 5.92 Å². The molecule has 0 saturated heterocycles. The second kappa shape index (κ2) is 5.22. The van der Waals surface area contributed by atoms with E-state index in [0.717, 1.165) is 12.5 Å². The van der Waals surface area contributed by atoms with Crippen molar-refractivity contribution >= 4 is 22.6 Å². The van der Waals surface area contributed by atoms with E-state index in [9.17, 15) is 8.78 Å². The van der Waals surface area contributed by atoms with Crippen molar-refractivity contribution in [1.82, 2.24) is 9.55 Å². The predicted octanol–water partition coefficient (Wildman–Crippen LogP) is 4.10. The van der Waals surface area contributed by atoms with Crippen molar-refractivity contribution in [3.8, 4) is 0 Å². The number of aromatic nitrogens is 2. The van der Waals surface area contributed by atoms with Crippen molar-refractivity contribution in [3.63, 3.8) is 0 Å². The number of rotatable bonds is 4. The fraction of sp³-hybridized carbons (Fsp3) is 0.462. The van der Waals surface area contributed by atoms with E-state index in [1.165, 1.54) is 6.07 Å². The third kappa shape index (κ3) is 2.34. The zero-order valence-electron chi connectivity index (χ0n) is 10.4. The molecule has 1 aromatic heterocycles. The van der Waals surface area contributed by atoms with Gasteiger partial charge in [0.15, 0.2) is 5.82 Å². The summed E-state index contributed by atoms with van der Waals surface area (Å²) < 4.78 is 28.7. The molecule has 0 bridgehead atoms. The zero-order chi connectivity index (χ0) is 13.3. The Bertz CT molecular complexity index is 566. The molecule has 1 heterocycles. The maximum absolute atomic E-state index is 13.6. The van der Waals surface area contributed by atoms with E-state index < -0.39 is 11.6 Å². The molecule has 0 radical (unpaired) electrons. The van der Waals surface area contributed by atoms with E-state index in [2.05, 4.69) is 18.8 Å². The molecule has 98 valence electrons. The molecular formula is C13H15ClF2N2. The molecule has 1 unspecified atom stereocenters. The Labute approximate surface area is 110 Å². The lowest BCUT2D eigenvalue weighted by molar-refractivity contribution is 0.468. The van der Waals surface area contributed by atoms with Gasteiger partial charge in [0.2, 0.25) is 0 Å². The lowest BCUT2D eigenvalue weighted by Gasteiger charge is -2.12. The van der Waals surface area contributed by atoms with Gasteiger partial charge in [-0.05, 0) is 12.0 Å². The summed E-state index contributed by atoms with van der Waals surface area (Å²) in [4.78, 5) is 4.15. The Balaban J connectivity index is 2.61. The Kier molecular flexibility index (Phi) is 3.85. The van der Waals surface area contributed by atoms with Crippen molar-refractivity contribution < 1.29 is 8.78 Å². The maximum atomic E-state index is 13.6. The third-order valence-electron chi connectivity index (χ3n) is 3.16. The molecule has 0 aliphatic heterocycles. The lowest BCUT2D eigenvalue weighted by Crippen LogP contribution is -2.09. The molecule has 0 N–H and O–H groups in total. The van der Waals surface area contributed by atoms with Crippen LogP contribution in [-0.4, -0.2) is 9.55 Å². The summed E-state index contributed by atoms with van der Waals surface area (Å²) in [5.41, 5.74) is 0.666. The van der Waals surface area contributed by atoms with Crippen LogP contribution in [0.5, 0.6) is 0 Å². The number of halogens is 3. The van der Waals surface area contributed by atoms with Crippen LogP contribution < -0.4 is 0 Å². The van der Waals surface area contributed by atoms with Crippen molar-refractivity contribution in [2.75, 3.05) is 0 Å². The fourth-order valence-corrected chi connectivity index (χ4v) is 2.15. The maximum Gasteiger partial charge on any atom is 0.153 e. The fourth-order valence-electron chi connectivity index (χ4n) is 1.94. The molecule has 2 nitrogen and oxygen atoms in total. The molecular weight excluding hydrogens is 258 g/mol. The van der Waals surface area contributed by atoms with Crippen LogP contribution in [0.25, 0.3) is 11.0 Å². The summed E-state index contributed by atoms with van der Waals surface area (Å²) in [6.07, 6.45) is 0.985. The van der Waals surface area contributed by atoms with Gasteiger partial charge in [0.05, 0.1) is 11.4 Å². The van der Waals surface area contributed by atoms with E-state index in [1.54, 1.807) is 0 Å². The van der Waals surface area contributed by atoms with Gasteiger partial charge in [-0.2, -0.15) is 0 Å². The zero-order valence-corrected chi connectivity index (χ0v) is 11.1. The molecule has 0 saturated carbocycles. The average Bonchev–Trinajstić information content (AvgIpc) is 2.68. The molecule has 18 heavy (non-hydrogen) atoms. The van der Waals surface area contributed by atoms with Crippen LogP contribution in [0, 0.1) is 17.6 Å². The molecule has 1 aromatic carbocycles. The first-order valence-electron chi connectivity index (χ1n) is 5.97. The van der Waals surface area contributed by atoms with Gasteiger partial charge in [-0.1, -0.05) is 20.3 Å². The largest absolute Gasteiger partial charge is 0.327 e. The second-order valence-corrected chi connectivity index (χ2v) is 4.81. The highest BCUT2D eigenvalue weighted by Gasteiger charge is 2.16. The molecule has 0 fully saturated rings. The molecule has 1 atom stereocenters. The first kappa shape index (κ1) is 13.3. The Morgan fingerprint density at radius 2 is 2.11 bits per heavy atom. The summed E-state index contributed by atoms with van der Waals surface area (Å²) >= 11 is 5.82. The average molecular weight is 273 g/mol. The first-order chi connectivity index (χ1) is 8.56. The monoisotopic (exact) mass is 272 g/mol. The highest BCUT2D eigenvalue weighted by Crippen LogP contribution is 2.23. The number of fused-ring (bicyclic) bond motifs is 1. The summed E-state index contributed by atoms with van der Waals surface area (Å²) in [5.74, 6) is -0.0653. The van der Waals surface area contributed by atoms with Gasteiger partial charge in [0.25, 0.3) is 0 Å². The number of hydrogen-bond acceptors (Lipinski definition) is 1. The molecule has 2 aromatic rings. The van der Waals surface area contributed by atoms with Crippen LogP contribution in [0.1, 0.15) is 26.1 Å². The van der Waals surface area contributed by atoms with Crippen LogP contribution in [0.2, 0.25) is 0 Å². The first-order valence-corrected chi connectivity index (χ1v) is 6.50. The van der Waals surface area contributed by atoms with E-state index >= 15 is 0 Å². The minimum atomic E-state index is -0.640. The van der Waals surface area contributed by atoms with Crippen LogP contribution in [0.4, 0.5) is 8.78 Å². The number of hydrogen-bond donors (Lipinski definition) is 0. The predicted molar refractivity (Wildman–Crippen MR) is 68.7 cm³/mol. The highest BCUT2D eigenvalue weighted by atomic mass is 35.5. The van der Waals surface area contributed by atoms with E-state index in [1.807, 2.05) is 4.57 Å². The van der Waals surface area contributed by atoms with E-state index in [0.29, 0.717) is 23.8 Å². The SMILES string of the molecule is CCC(C)Cn1c(CCl)nc2c(F)cc(F)cc21. The Morgan fingerprint density at radius 3 is 2.72 bits per heavy atom. The summed E-state index contributed by atoms with van der Waals surface area (Å²) in [7, 11) is 0. The number of nitrogens with zero attached hydrogens (tertiary/aromatic N) is 2. The minimum absolute atomic E-state index is 0.187. The topological polar surface area (TPSA) is 17.8 Å². The smallest absolute Gasteiger partial charge is 0.153 e. The molecule has 0 spiro atoms. The van der Waals surface area contributed by atoms with Gasteiger partial charge in [-0.25, -0.2) is 13.8 Å². The summed E-state index contributed by atoms with van der Waals surface area (Å²) in [5, 5.41) is 0. The normalized spacial score (nSPS) is 13.2. The standard InChI is InChI=1S/C13H15ClF2N2/c1-3-8(2)7-18-11-5-9(15)4-10(16)13(11)17-12(18)6-14/h4-5,8H,3,6-7H2,1-2H3. The van der Waals surface area contributed by atoms with Gasteiger partial charge >= 0.3 is 0 Å². The van der Waals surface area contributed by atoms with Crippen LogP contribution in [0.15, 0.2) is 12.1 Å². The van der Waals surface area contributed by atoms with Gasteiger partial charge in [0.1, 0.15) is 17.2 Å². The van der Waals surface area contributed by atoms with Crippen molar-refractivity contribution in [1.29, 1.82) is 0 Å². The molecule has 2 rings (SSSR count). The molecule has 5 heteroatoms. The van der Waals surface area contributed by atoms with Gasteiger partial charge < -0.3 is 4.57 Å². The lowest BCUT2D eigenvalue weighted by atomic mass is 10.1. The van der Waals surface area contributed by atoms with Crippen LogP contribution >= 0.6 is 11.6 Å². The van der Waals surface area contributed by atoms with Crippen LogP contribution in [0.3, 0.4) is 0 Å². The van der Waals surface area contributed by atoms with Crippen molar-refractivity contribution in [3.05, 3.63) is 29.6 Å². The molecule has 0 aliphatic rings. The molecule has 0 aliphatic carbocycles. The number of alkyl halides is 1. The second-order valence-electron chi connectivity index (χ2n) is 4.54. The van der Waals surface area contributed by atoms with Gasteiger partial charge in [0, 0.05) is 12.6 Å². The number of benzene rings is 1. The van der Waals surface area contributed by atoms with E-state index in [4.69, 9.17) is 11.6 Å². The third-order valence-corrected chi connectivity index (χ3v) is 3.40. The molecule has 0 amide bonds. The quantitative estimate of drug-likeness (QED) is 0.766. The summed E-state index contributed by atoms with van der Waals surface area (Å²) in [6, 6.07) is 2.16. The van der Waals surface area contributed by atoms with E-state index in [-0.39, 0.29) is 11.4 Å². The summed E-state index contributed by atoms with van der Waals surface area (Å²) in [6.45, 7) is 4.82. The number of imidazole rings is 1. The van der Waals surface area contributed by atoms with Crippen molar-refractivity contribution in [2.45, 2.75) is 32.7 Å². The van der Waals surface area contributed by atoms with Crippen LogP contribution in [-0.2, 0) is 12.4 Å². The Hall–Kier alpha value is -1.16. The highest BCUT2D eigenvalue weighted by molar-refractivity contribution is 6.16. The van der Waals surface area contributed by atoms with Gasteiger partial charge in [-0.3, -0.25) is 0 Å². The van der Waals surface area contributed by atoms with Gasteiger partial charge in [-0.15, -0.1) is 11.6 Å². The minimum Gasteiger partial charge on any atom is -0.327 e.